The Hall–Kier alpha value is -2.10. The van der Waals surface area contributed by atoms with Crippen LogP contribution in [0.4, 0.5) is 0 Å². The minimum atomic E-state index is -1.07. The van der Waals surface area contributed by atoms with Crippen molar-refractivity contribution >= 4 is 18.0 Å². The number of carbonyl (C=O) groups is 2. The van der Waals surface area contributed by atoms with Gasteiger partial charge in [0.25, 0.3) is 0 Å². The monoisotopic (exact) mass is 231 g/mol. The molecule has 0 spiro atoms. The Balaban J connectivity index is 2.11. The molecule has 1 aromatic carbocycles. The molecule has 1 aliphatic rings. The van der Waals surface area contributed by atoms with Crippen molar-refractivity contribution in [3.63, 3.8) is 0 Å². The molecule has 2 rings (SSSR count). The Morgan fingerprint density at radius 3 is 2.71 bits per heavy atom. The predicted molar refractivity (Wildman–Crippen MR) is 63.1 cm³/mol. The summed E-state index contributed by atoms with van der Waals surface area (Å²) in [4.78, 5) is 22.3. The molecule has 2 atom stereocenters. The van der Waals surface area contributed by atoms with Crippen molar-refractivity contribution in [2.45, 2.75) is 0 Å². The minimum absolute atomic E-state index is 0.278. The van der Waals surface area contributed by atoms with Crippen LogP contribution < -0.4 is 5.32 Å². The van der Waals surface area contributed by atoms with Gasteiger partial charge in [0.15, 0.2) is 0 Å². The second kappa shape index (κ2) is 4.82. The SMILES string of the molecule is O=C(O)C1C(=O)NCC1C=Cc1ccccc1. The number of carbonyl (C=O) groups excluding carboxylic acids is 1. The van der Waals surface area contributed by atoms with E-state index >= 15 is 0 Å². The number of rotatable bonds is 3. The van der Waals surface area contributed by atoms with Crippen molar-refractivity contribution < 1.29 is 14.7 Å². The van der Waals surface area contributed by atoms with E-state index in [2.05, 4.69) is 5.32 Å². The molecule has 0 bridgehead atoms. The van der Waals surface area contributed by atoms with Crippen LogP contribution in [0.25, 0.3) is 6.08 Å². The van der Waals surface area contributed by atoms with Gasteiger partial charge in [0.05, 0.1) is 0 Å². The fourth-order valence-electron chi connectivity index (χ4n) is 1.91. The van der Waals surface area contributed by atoms with E-state index in [4.69, 9.17) is 5.11 Å². The number of benzene rings is 1. The molecule has 2 N–H and O–H groups in total. The number of carboxylic acid groups (broad SMARTS) is 1. The largest absolute Gasteiger partial charge is 0.481 e. The Morgan fingerprint density at radius 2 is 2.06 bits per heavy atom. The van der Waals surface area contributed by atoms with Gasteiger partial charge in [0, 0.05) is 12.5 Å². The number of amides is 1. The number of carboxylic acids is 1. The zero-order chi connectivity index (χ0) is 12.3. The first-order chi connectivity index (χ1) is 8.18. The Morgan fingerprint density at radius 1 is 1.35 bits per heavy atom. The summed E-state index contributed by atoms with van der Waals surface area (Å²) in [6.45, 7) is 0.388. The second-order valence-electron chi connectivity index (χ2n) is 3.99. The standard InChI is InChI=1S/C13H13NO3/c15-12-11(13(16)17)10(8-14-12)7-6-9-4-2-1-3-5-9/h1-7,10-11H,8H2,(H,14,15)(H,16,17). The van der Waals surface area contributed by atoms with Gasteiger partial charge in [-0.05, 0) is 5.56 Å². The molecule has 1 aliphatic heterocycles. The van der Waals surface area contributed by atoms with Gasteiger partial charge in [0.1, 0.15) is 5.92 Å². The highest BCUT2D eigenvalue weighted by Crippen LogP contribution is 2.20. The van der Waals surface area contributed by atoms with Crippen LogP contribution in [-0.2, 0) is 9.59 Å². The molecule has 4 heteroatoms. The van der Waals surface area contributed by atoms with Crippen LogP contribution in [0.2, 0.25) is 0 Å². The fraction of sp³-hybridized carbons (Fsp3) is 0.231. The Labute approximate surface area is 99.0 Å². The number of nitrogens with one attached hydrogen (secondary N) is 1. The van der Waals surface area contributed by atoms with Gasteiger partial charge >= 0.3 is 5.97 Å². The molecule has 1 aromatic rings. The summed E-state index contributed by atoms with van der Waals surface area (Å²) in [5, 5.41) is 11.5. The third-order valence-corrected chi connectivity index (χ3v) is 2.82. The van der Waals surface area contributed by atoms with E-state index in [1.807, 2.05) is 36.4 Å². The average molecular weight is 231 g/mol. The summed E-state index contributed by atoms with van der Waals surface area (Å²) in [5.41, 5.74) is 0.996. The predicted octanol–water partition coefficient (Wildman–Crippen LogP) is 1.15. The van der Waals surface area contributed by atoms with Gasteiger partial charge < -0.3 is 10.4 Å². The van der Waals surface area contributed by atoms with Crippen LogP contribution in [0.5, 0.6) is 0 Å². The molecule has 0 radical (unpaired) electrons. The van der Waals surface area contributed by atoms with Crippen LogP contribution in [-0.4, -0.2) is 23.5 Å². The van der Waals surface area contributed by atoms with Crippen molar-refractivity contribution in [3.8, 4) is 0 Å². The molecular formula is C13H13NO3. The lowest BCUT2D eigenvalue weighted by Crippen LogP contribution is -2.26. The smallest absolute Gasteiger partial charge is 0.316 e. The molecule has 0 aromatic heterocycles. The molecule has 1 heterocycles. The van der Waals surface area contributed by atoms with Gasteiger partial charge in [-0.25, -0.2) is 0 Å². The van der Waals surface area contributed by atoms with Crippen molar-refractivity contribution in [1.29, 1.82) is 0 Å². The van der Waals surface area contributed by atoms with Crippen molar-refractivity contribution in [2.24, 2.45) is 11.8 Å². The Bertz CT molecular complexity index is 453. The van der Waals surface area contributed by atoms with E-state index in [9.17, 15) is 9.59 Å². The lowest BCUT2D eigenvalue weighted by atomic mass is 9.94. The zero-order valence-corrected chi connectivity index (χ0v) is 9.17. The maximum absolute atomic E-state index is 11.3. The van der Waals surface area contributed by atoms with E-state index in [1.165, 1.54) is 0 Å². The zero-order valence-electron chi connectivity index (χ0n) is 9.17. The third kappa shape index (κ3) is 2.53. The van der Waals surface area contributed by atoms with E-state index in [-0.39, 0.29) is 5.92 Å². The van der Waals surface area contributed by atoms with Crippen molar-refractivity contribution in [3.05, 3.63) is 42.0 Å². The molecule has 2 unspecified atom stereocenters. The number of hydrogen-bond acceptors (Lipinski definition) is 2. The maximum atomic E-state index is 11.3. The van der Waals surface area contributed by atoms with Crippen LogP contribution >= 0.6 is 0 Å². The first-order valence-electron chi connectivity index (χ1n) is 5.42. The summed E-state index contributed by atoms with van der Waals surface area (Å²) >= 11 is 0. The first-order valence-corrected chi connectivity index (χ1v) is 5.42. The highest BCUT2D eigenvalue weighted by Gasteiger charge is 2.38. The van der Waals surface area contributed by atoms with E-state index in [0.717, 1.165) is 5.56 Å². The summed E-state index contributed by atoms with van der Waals surface area (Å²) < 4.78 is 0. The van der Waals surface area contributed by atoms with Gasteiger partial charge in [-0.15, -0.1) is 0 Å². The molecule has 88 valence electrons. The lowest BCUT2D eigenvalue weighted by Gasteiger charge is -2.07. The molecular weight excluding hydrogens is 218 g/mol. The van der Waals surface area contributed by atoms with Gasteiger partial charge in [-0.3, -0.25) is 9.59 Å². The number of hydrogen-bond donors (Lipinski definition) is 2. The first kappa shape index (κ1) is 11.4. The van der Waals surface area contributed by atoms with Gasteiger partial charge in [-0.2, -0.15) is 0 Å². The fourth-order valence-corrected chi connectivity index (χ4v) is 1.91. The van der Waals surface area contributed by atoms with Gasteiger partial charge in [0.2, 0.25) is 5.91 Å². The van der Waals surface area contributed by atoms with Crippen LogP contribution in [0.3, 0.4) is 0 Å². The highest BCUT2D eigenvalue weighted by atomic mass is 16.4. The van der Waals surface area contributed by atoms with Crippen LogP contribution in [0, 0.1) is 11.8 Å². The summed E-state index contributed by atoms with van der Waals surface area (Å²) in [5.74, 6) is -2.71. The molecule has 1 saturated heterocycles. The lowest BCUT2D eigenvalue weighted by molar-refractivity contribution is -0.146. The van der Waals surface area contributed by atoms with Crippen LogP contribution in [0.15, 0.2) is 36.4 Å². The number of aliphatic carboxylic acids is 1. The van der Waals surface area contributed by atoms with E-state index in [0.29, 0.717) is 6.54 Å². The maximum Gasteiger partial charge on any atom is 0.316 e. The molecule has 1 fully saturated rings. The summed E-state index contributed by atoms with van der Waals surface area (Å²) in [7, 11) is 0. The molecule has 0 saturated carbocycles. The quantitative estimate of drug-likeness (QED) is 0.767. The van der Waals surface area contributed by atoms with Crippen molar-refractivity contribution in [1.82, 2.24) is 5.32 Å². The third-order valence-electron chi connectivity index (χ3n) is 2.82. The normalized spacial score (nSPS) is 23.9. The summed E-state index contributed by atoms with van der Waals surface area (Å²) in [6.07, 6.45) is 3.63. The minimum Gasteiger partial charge on any atom is -0.481 e. The molecule has 1 amide bonds. The molecule has 0 aliphatic carbocycles. The molecule has 4 nitrogen and oxygen atoms in total. The second-order valence-corrected chi connectivity index (χ2v) is 3.99. The Kier molecular flexibility index (Phi) is 3.23. The molecule has 17 heavy (non-hydrogen) atoms. The average Bonchev–Trinajstić information content (AvgIpc) is 2.69. The van der Waals surface area contributed by atoms with Gasteiger partial charge in [-0.1, -0.05) is 42.5 Å². The van der Waals surface area contributed by atoms with E-state index < -0.39 is 17.8 Å². The topological polar surface area (TPSA) is 66.4 Å². The summed E-state index contributed by atoms with van der Waals surface area (Å²) in [6, 6.07) is 9.59. The highest BCUT2D eigenvalue weighted by molar-refractivity contribution is 5.99. The van der Waals surface area contributed by atoms with E-state index in [1.54, 1.807) is 6.08 Å². The van der Waals surface area contributed by atoms with Crippen molar-refractivity contribution in [2.75, 3.05) is 6.54 Å². The van der Waals surface area contributed by atoms with Crippen LogP contribution in [0.1, 0.15) is 5.56 Å².